The third-order valence-corrected chi connectivity index (χ3v) is 5.14. The quantitative estimate of drug-likeness (QED) is 0.554. The van der Waals surface area contributed by atoms with Crippen LogP contribution in [0.1, 0.15) is 21.5 Å². The van der Waals surface area contributed by atoms with Crippen LogP contribution in [0.3, 0.4) is 0 Å². The van der Waals surface area contributed by atoms with Gasteiger partial charge in [-0.25, -0.2) is 4.39 Å². The molecule has 3 aromatic carbocycles. The molecule has 0 unspecified atom stereocenters. The number of nitrogens with zero attached hydrogens (tertiary/aromatic N) is 1. The highest BCUT2D eigenvalue weighted by Gasteiger charge is 2.18. The monoisotopic (exact) mass is 382 g/mol. The Bertz CT molecular complexity index is 1180. The number of aromatic nitrogens is 1. The molecule has 4 nitrogen and oxygen atoms in total. The van der Waals surface area contributed by atoms with E-state index in [9.17, 15) is 14.3 Å². The van der Waals surface area contributed by atoms with Gasteiger partial charge in [-0.15, -0.1) is 0 Å². The Balaban J connectivity index is 2.08. The summed E-state index contributed by atoms with van der Waals surface area (Å²) in [5.41, 5.74) is 8.55. The number of nitrogens with two attached hydrogens (primary N) is 1. The number of carbonyl (C=O) groups excluding carboxylic acids is 1. The van der Waals surface area contributed by atoms with Crippen molar-refractivity contribution in [3.63, 3.8) is 0 Å². The van der Waals surface area contributed by atoms with Gasteiger partial charge in [0.25, 0.3) is 0 Å². The summed E-state index contributed by atoms with van der Waals surface area (Å²) in [6.07, 6.45) is 0. The molecule has 0 atom stereocenters. The fraction of sp³-hybridized carbons (Fsp3) is 0.0952. The standard InChI is InChI=1S/C21H16ClFN2O2/c22-16-4-2-5-17(23)15(16)10-25-18-6-1-3-14(21(24)27)20(18)13-8-7-12(11-26)9-19(13)25/h1-9,26H,10-11H2,(H2,24,27). The number of hydrogen-bond donors (Lipinski definition) is 2. The second kappa shape index (κ2) is 6.68. The summed E-state index contributed by atoms with van der Waals surface area (Å²) in [6.45, 7) is 0.0587. The van der Waals surface area contributed by atoms with E-state index < -0.39 is 11.7 Å². The number of hydrogen-bond acceptors (Lipinski definition) is 2. The molecule has 1 heterocycles. The number of primary amides is 1. The molecule has 0 aliphatic rings. The molecular weight excluding hydrogens is 367 g/mol. The van der Waals surface area contributed by atoms with Crippen LogP contribution in [-0.2, 0) is 13.2 Å². The van der Waals surface area contributed by atoms with E-state index in [4.69, 9.17) is 17.3 Å². The third-order valence-electron chi connectivity index (χ3n) is 4.78. The molecule has 0 saturated carbocycles. The van der Waals surface area contributed by atoms with E-state index in [0.29, 0.717) is 27.1 Å². The van der Waals surface area contributed by atoms with E-state index in [-0.39, 0.29) is 13.2 Å². The highest BCUT2D eigenvalue weighted by atomic mass is 35.5. The first kappa shape index (κ1) is 17.5. The van der Waals surface area contributed by atoms with E-state index in [1.54, 1.807) is 30.3 Å². The zero-order valence-corrected chi connectivity index (χ0v) is 15.0. The van der Waals surface area contributed by atoms with Crippen LogP contribution in [0.4, 0.5) is 4.39 Å². The Morgan fingerprint density at radius 1 is 1.11 bits per heavy atom. The third kappa shape index (κ3) is 2.85. The fourth-order valence-electron chi connectivity index (χ4n) is 3.51. The van der Waals surface area contributed by atoms with Gasteiger partial charge < -0.3 is 15.4 Å². The lowest BCUT2D eigenvalue weighted by Crippen LogP contribution is -2.11. The Hall–Kier alpha value is -2.89. The molecule has 0 aliphatic carbocycles. The largest absolute Gasteiger partial charge is 0.392 e. The summed E-state index contributed by atoms with van der Waals surface area (Å²) in [4.78, 5) is 11.9. The minimum atomic E-state index is -0.533. The summed E-state index contributed by atoms with van der Waals surface area (Å²) in [7, 11) is 0. The summed E-state index contributed by atoms with van der Waals surface area (Å²) >= 11 is 6.22. The number of carbonyl (C=O) groups is 1. The first-order chi connectivity index (χ1) is 13.0. The van der Waals surface area contributed by atoms with Crippen molar-refractivity contribution in [1.29, 1.82) is 0 Å². The Morgan fingerprint density at radius 2 is 1.89 bits per heavy atom. The maximum Gasteiger partial charge on any atom is 0.249 e. The van der Waals surface area contributed by atoms with Crippen LogP contribution in [-0.4, -0.2) is 15.6 Å². The molecule has 0 bridgehead atoms. The van der Waals surface area contributed by atoms with Crippen molar-refractivity contribution >= 4 is 39.3 Å². The summed E-state index contributed by atoms with van der Waals surface area (Å²) in [6, 6.07) is 15.3. The highest BCUT2D eigenvalue weighted by Crippen LogP contribution is 2.34. The van der Waals surface area contributed by atoms with Crippen molar-refractivity contribution < 1.29 is 14.3 Å². The topological polar surface area (TPSA) is 68.2 Å². The molecule has 1 amide bonds. The molecule has 4 rings (SSSR count). The first-order valence-electron chi connectivity index (χ1n) is 8.38. The molecule has 0 saturated heterocycles. The molecule has 0 spiro atoms. The van der Waals surface area contributed by atoms with Gasteiger partial charge in [-0.2, -0.15) is 0 Å². The normalized spacial score (nSPS) is 11.4. The van der Waals surface area contributed by atoms with Gasteiger partial charge in [-0.3, -0.25) is 4.79 Å². The van der Waals surface area contributed by atoms with Crippen molar-refractivity contribution in [2.24, 2.45) is 5.73 Å². The van der Waals surface area contributed by atoms with E-state index in [1.165, 1.54) is 6.07 Å². The number of amides is 1. The number of fused-ring (bicyclic) bond motifs is 3. The van der Waals surface area contributed by atoms with Crippen LogP contribution in [0, 0.1) is 5.82 Å². The molecule has 27 heavy (non-hydrogen) atoms. The maximum atomic E-state index is 14.4. The first-order valence-corrected chi connectivity index (χ1v) is 8.76. The average molecular weight is 383 g/mol. The summed E-state index contributed by atoms with van der Waals surface area (Å²) in [5, 5.41) is 11.4. The number of benzene rings is 3. The van der Waals surface area contributed by atoms with E-state index in [2.05, 4.69) is 0 Å². The molecule has 0 aliphatic heterocycles. The van der Waals surface area contributed by atoms with Crippen molar-refractivity contribution in [2.45, 2.75) is 13.2 Å². The molecule has 0 fully saturated rings. The average Bonchev–Trinajstić information content (AvgIpc) is 2.97. The van der Waals surface area contributed by atoms with Crippen LogP contribution in [0.15, 0.2) is 54.6 Å². The number of halogens is 2. The Labute approximate surface area is 159 Å². The molecule has 6 heteroatoms. The molecule has 1 aromatic heterocycles. The highest BCUT2D eigenvalue weighted by molar-refractivity contribution is 6.31. The SMILES string of the molecule is NC(=O)c1cccc2c1c1ccc(CO)cc1n2Cc1c(F)cccc1Cl. The van der Waals surface area contributed by atoms with E-state index >= 15 is 0 Å². The zero-order chi connectivity index (χ0) is 19.1. The minimum absolute atomic E-state index is 0.124. The van der Waals surface area contributed by atoms with Crippen molar-refractivity contribution in [2.75, 3.05) is 0 Å². The molecular formula is C21H16ClFN2O2. The summed E-state index contributed by atoms with van der Waals surface area (Å²) < 4.78 is 16.3. The van der Waals surface area contributed by atoms with E-state index in [1.807, 2.05) is 22.8 Å². The van der Waals surface area contributed by atoms with Gasteiger partial charge >= 0.3 is 0 Å². The van der Waals surface area contributed by atoms with Crippen molar-refractivity contribution in [1.82, 2.24) is 4.57 Å². The summed E-state index contributed by atoms with van der Waals surface area (Å²) in [5.74, 6) is -0.934. The lowest BCUT2D eigenvalue weighted by Gasteiger charge is -2.11. The van der Waals surface area contributed by atoms with Crippen LogP contribution >= 0.6 is 11.6 Å². The molecule has 3 N–H and O–H groups in total. The fourth-order valence-corrected chi connectivity index (χ4v) is 3.73. The van der Waals surface area contributed by atoms with Crippen LogP contribution in [0.2, 0.25) is 5.02 Å². The van der Waals surface area contributed by atoms with Crippen molar-refractivity contribution in [3.05, 3.63) is 82.1 Å². The van der Waals surface area contributed by atoms with Gasteiger partial charge in [0.2, 0.25) is 5.91 Å². The van der Waals surface area contributed by atoms with Gasteiger partial charge in [0.1, 0.15) is 5.82 Å². The van der Waals surface area contributed by atoms with Gasteiger partial charge in [0.15, 0.2) is 0 Å². The Morgan fingerprint density at radius 3 is 2.59 bits per heavy atom. The number of aliphatic hydroxyl groups is 1. The number of rotatable bonds is 4. The smallest absolute Gasteiger partial charge is 0.249 e. The zero-order valence-electron chi connectivity index (χ0n) is 14.2. The van der Waals surface area contributed by atoms with Crippen molar-refractivity contribution in [3.8, 4) is 0 Å². The predicted molar refractivity (Wildman–Crippen MR) is 104 cm³/mol. The van der Waals surface area contributed by atoms with E-state index in [0.717, 1.165) is 16.4 Å². The van der Waals surface area contributed by atoms with Gasteiger partial charge in [-0.1, -0.05) is 35.9 Å². The van der Waals surface area contributed by atoms with Gasteiger partial charge in [-0.05, 0) is 35.9 Å². The van der Waals surface area contributed by atoms with Crippen LogP contribution < -0.4 is 5.73 Å². The van der Waals surface area contributed by atoms with Crippen LogP contribution in [0.5, 0.6) is 0 Å². The Kier molecular flexibility index (Phi) is 4.34. The lowest BCUT2D eigenvalue weighted by atomic mass is 10.0. The van der Waals surface area contributed by atoms with Crippen LogP contribution in [0.25, 0.3) is 21.8 Å². The van der Waals surface area contributed by atoms with Gasteiger partial charge in [0.05, 0.1) is 18.7 Å². The lowest BCUT2D eigenvalue weighted by molar-refractivity contribution is 0.100. The second-order valence-corrected chi connectivity index (χ2v) is 6.77. The number of aliphatic hydroxyl groups excluding tert-OH is 1. The predicted octanol–water partition coefficient (Wildman–Crippen LogP) is 4.23. The second-order valence-electron chi connectivity index (χ2n) is 6.36. The molecule has 4 aromatic rings. The van der Waals surface area contributed by atoms with Gasteiger partial charge in [0, 0.05) is 32.4 Å². The minimum Gasteiger partial charge on any atom is -0.392 e. The maximum absolute atomic E-state index is 14.4. The molecule has 0 radical (unpaired) electrons. The molecule has 136 valence electrons.